The van der Waals surface area contributed by atoms with E-state index in [0.717, 1.165) is 0 Å². The summed E-state index contributed by atoms with van der Waals surface area (Å²) in [6.07, 6.45) is 56.9. The molecule has 46 heavy (non-hydrogen) atoms. The summed E-state index contributed by atoms with van der Waals surface area (Å²) in [6, 6.07) is 0. The Balaban J connectivity index is 1.69. The van der Waals surface area contributed by atoms with Crippen molar-refractivity contribution in [2.24, 2.45) is 0 Å². The molecule has 0 nitrogen and oxygen atoms in total. The molecule has 0 aromatic carbocycles. The second-order valence-corrected chi connectivity index (χ2v) is 13.2. The van der Waals surface area contributed by atoms with Gasteiger partial charge in [-0.2, -0.15) is 0 Å². The molecule has 0 aliphatic rings. The van der Waals surface area contributed by atoms with Crippen LogP contribution in [0.3, 0.4) is 0 Å². The highest BCUT2D eigenvalue weighted by Crippen LogP contribution is 2.28. The average Bonchev–Trinajstić information content (AvgIpc) is 3.65. The summed E-state index contributed by atoms with van der Waals surface area (Å²) in [7, 11) is 0. The van der Waals surface area contributed by atoms with Crippen LogP contribution in [-0.2, 0) is 25.7 Å². The number of hydrogen-bond acceptors (Lipinski definition) is 2. The molecule has 0 unspecified atom stereocenters. The quantitative estimate of drug-likeness (QED) is 0.105. The minimum atomic E-state index is 1.20. The molecule has 2 heteroatoms. The number of hydrogen-bond donors (Lipinski definition) is 0. The molecule has 0 atom stereocenters. The van der Waals surface area contributed by atoms with Crippen LogP contribution >= 0.6 is 22.7 Å². The van der Waals surface area contributed by atoms with E-state index in [4.69, 9.17) is 0 Å². The minimum Gasteiger partial charge on any atom is -0.144 e. The fourth-order valence-electron chi connectivity index (χ4n) is 4.89. The SMILES string of the molecule is CCCCc1csc(/C=C/C=C/C=C/C=C/C=C/C=C/C=C/C=C/C=C/C=C/c2scc(CCCC)c2CCCC)c1CCCC. The fourth-order valence-corrected chi connectivity index (χ4v) is 7.01. The van der Waals surface area contributed by atoms with Crippen molar-refractivity contribution in [3.63, 3.8) is 0 Å². The number of allylic oxidation sites excluding steroid dienone is 18. The monoisotopic (exact) mass is 650 g/mol. The largest absolute Gasteiger partial charge is 0.144 e. The Bertz CT molecular complexity index is 1260. The molecule has 0 radical (unpaired) electrons. The molecule has 0 N–H and O–H groups in total. The summed E-state index contributed by atoms with van der Waals surface area (Å²) in [6.45, 7) is 9.10. The van der Waals surface area contributed by atoms with E-state index < -0.39 is 0 Å². The van der Waals surface area contributed by atoms with Crippen LogP contribution in [-0.4, -0.2) is 0 Å². The molecule has 2 aromatic heterocycles. The lowest BCUT2D eigenvalue weighted by atomic mass is 10.0. The van der Waals surface area contributed by atoms with Crippen molar-refractivity contribution >= 4 is 34.8 Å². The smallest absolute Gasteiger partial charge is 0.0305 e. The van der Waals surface area contributed by atoms with E-state index >= 15 is 0 Å². The molecule has 0 amide bonds. The Kier molecular flexibility index (Phi) is 22.8. The summed E-state index contributed by atoms with van der Waals surface area (Å²) in [5.74, 6) is 0. The molecule has 2 heterocycles. The highest BCUT2D eigenvalue weighted by molar-refractivity contribution is 7.11. The first kappa shape index (κ1) is 39.0. The predicted octanol–water partition coefficient (Wildman–Crippen LogP) is 14.4. The van der Waals surface area contributed by atoms with Gasteiger partial charge in [-0.05, 0) is 96.5 Å². The highest BCUT2D eigenvalue weighted by Gasteiger charge is 2.10. The molecule has 0 spiro atoms. The van der Waals surface area contributed by atoms with Gasteiger partial charge in [0, 0.05) is 9.75 Å². The zero-order valence-electron chi connectivity index (χ0n) is 29.0. The van der Waals surface area contributed by atoms with Crippen LogP contribution in [0.5, 0.6) is 0 Å². The molecule has 2 rings (SSSR count). The van der Waals surface area contributed by atoms with Gasteiger partial charge in [-0.25, -0.2) is 0 Å². The average molecular weight is 651 g/mol. The first-order valence-electron chi connectivity index (χ1n) is 17.6. The van der Waals surface area contributed by atoms with Gasteiger partial charge in [0.25, 0.3) is 0 Å². The number of rotatable bonds is 23. The number of thiophene rings is 2. The van der Waals surface area contributed by atoms with Gasteiger partial charge < -0.3 is 0 Å². The summed E-state index contributed by atoms with van der Waals surface area (Å²) in [5.41, 5.74) is 6.29. The second-order valence-electron chi connectivity index (χ2n) is 11.4. The molecule has 0 aliphatic heterocycles. The van der Waals surface area contributed by atoms with Gasteiger partial charge in [0.2, 0.25) is 0 Å². The van der Waals surface area contributed by atoms with Crippen molar-refractivity contribution in [2.75, 3.05) is 0 Å². The molecular weight excluding hydrogens is 593 g/mol. The zero-order chi connectivity index (χ0) is 32.9. The lowest BCUT2D eigenvalue weighted by Crippen LogP contribution is -1.92. The van der Waals surface area contributed by atoms with Crippen molar-refractivity contribution in [1.29, 1.82) is 0 Å². The molecule has 0 aliphatic carbocycles. The van der Waals surface area contributed by atoms with E-state index in [2.05, 4.69) is 124 Å². The van der Waals surface area contributed by atoms with E-state index in [1.807, 2.05) is 59.1 Å². The lowest BCUT2D eigenvalue weighted by Gasteiger charge is -2.04. The topological polar surface area (TPSA) is 0 Å². The summed E-state index contributed by atoms with van der Waals surface area (Å²) >= 11 is 3.79. The van der Waals surface area contributed by atoms with E-state index in [-0.39, 0.29) is 0 Å². The normalized spacial score (nSPS) is 13.4. The maximum Gasteiger partial charge on any atom is 0.0305 e. The van der Waals surface area contributed by atoms with E-state index in [0.29, 0.717) is 0 Å². The number of unbranched alkanes of at least 4 members (excludes halogenated alkanes) is 4. The Morgan fingerprint density at radius 2 is 0.630 bits per heavy atom. The van der Waals surface area contributed by atoms with E-state index in [1.54, 1.807) is 22.3 Å². The second kappa shape index (κ2) is 27.0. The minimum absolute atomic E-state index is 1.20. The van der Waals surface area contributed by atoms with Crippen molar-refractivity contribution in [3.8, 4) is 0 Å². The molecule has 2 aromatic rings. The van der Waals surface area contributed by atoms with Crippen LogP contribution in [0.15, 0.2) is 120 Å². The van der Waals surface area contributed by atoms with Crippen molar-refractivity contribution in [3.05, 3.63) is 152 Å². The maximum atomic E-state index is 2.38. The maximum absolute atomic E-state index is 2.38. The zero-order valence-corrected chi connectivity index (χ0v) is 30.6. The van der Waals surface area contributed by atoms with Crippen LogP contribution in [0.2, 0.25) is 0 Å². The van der Waals surface area contributed by atoms with E-state index in [9.17, 15) is 0 Å². The summed E-state index contributed by atoms with van der Waals surface area (Å²) < 4.78 is 0. The van der Waals surface area contributed by atoms with Crippen LogP contribution in [0, 0.1) is 0 Å². The Morgan fingerprint density at radius 1 is 0.370 bits per heavy atom. The third-order valence-corrected chi connectivity index (χ3v) is 9.65. The van der Waals surface area contributed by atoms with Crippen LogP contribution in [0.1, 0.15) is 111 Å². The van der Waals surface area contributed by atoms with Crippen molar-refractivity contribution < 1.29 is 0 Å². The molecule has 246 valence electrons. The third kappa shape index (κ3) is 16.9. The summed E-state index contributed by atoms with van der Waals surface area (Å²) in [5, 5.41) is 4.75. The molecule has 0 saturated heterocycles. The van der Waals surface area contributed by atoms with Gasteiger partial charge in [0.1, 0.15) is 0 Å². The van der Waals surface area contributed by atoms with Crippen molar-refractivity contribution in [1.82, 2.24) is 0 Å². The standard InChI is InChI=1S/C44H58S2/c1-5-9-31-39-37-45-43(41(39)33-11-7-3)35-29-27-25-23-21-19-17-15-13-14-16-18-20-22-24-26-28-30-36-44-42(34-12-8-4)40(38-46-44)32-10-6-2/h13-30,35-38H,5-12,31-34H2,1-4H3/b15-13+,16-14+,19-17+,20-18+,23-21+,24-22+,27-25+,28-26+,35-29+,36-30+. The van der Waals surface area contributed by atoms with Crippen LogP contribution < -0.4 is 0 Å². The fraction of sp³-hybridized carbons (Fsp3) is 0.364. The van der Waals surface area contributed by atoms with Crippen molar-refractivity contribution in [2.45, 2.75) is 105 Å². The number of aryl methyl sites for hydroxylation is 2. The van der Waals surface area contributed by atoms with E-state index in [1.165, 1.54) is 86.8 Å². The Hall–Kier alpha value is -3.20. The first-order valence-corrected chi connectivity index (χ1v) is 19.4. The van der Waals surface area contributed by atoms with Gasteiger partial charge in [0.05, 0.1) is 0 Å². The van der Waals surface area contributed by atoms with Gasteiger partial charge in [-0.15, -0.1) is 22.7 Å². The van der Waals surface area contributed by atoms with Crippen LogP contribution in [0.4, 0.5) is 0 Å². The highest BCUT2D eigenvalue weighted by atomic mass is 32.1. The van der Waals surface area contributed by atoms with Crippen LogP contribution in [0.25, 0.3) is 12.2 Å². The Morgan fingerprint density at radius 3 is 0.913 bits per heavy atom. The van der Waals surface area contributed by atoms with Gasteiger partial charge in [-0.3, -0.25) is 0 Å². The first-order chi connectivity index (χ1) is 22.7. The lowest BCUT2D eigenvalue weighted by molar-refractivity contribution is 0.761. The van der Waals surface area contributed by atoms with Gasteiger partial charge in [-0.1, -0.05) is 163 Å². The molecule has 0 fully saturated rings. The third-order valence-electron chi connectivity index (χ3n) is 7.57. The predicted molar refractivity (Wildman–Crippen MR) is 214 cm³/mol. The molecular formula is C44H58S2. The summed E-state index contributed by atoms with van der Waals surface area (Å²) in [4.78, 5) is 2.86. The Labute approximate surface area is 290 Å². The van der Waals surface area contributed by atoms with Gasteiger partial charge >= 0.3 is 0 Å². The molecule has 0 bridgehead atoms. The molecule has 0 saturated carbocycles. The van der Waals surface area contributed by atoms with Gasteiger partial charge in [0.15, 0.2) is 0 Å².